The minimum Gasteiger partial charge on any atom is -0.314 e. The summed E-state index contributed by atoms with van der Waals surface area (Å²) in [6.07, 6.45) is 3.29. The average molecular weight is 275 g/mol. The van der Waals surface area contributed by atoms with Crippen molar-refractivity contribution in [2.45, 2.75) is 39.2 Å². The largest absolute Gasteiger partial charge is 0.314 e. The number of hydrogen-bond donors (Lipinski definition) is 1. The van der Waals surface area contributed by atoms with Crippen LogP contribution in [-0.4, -0.2) is 27.6 Å². The average Bonchev–Trinajstić information content (AvgIpc) is 2.53. The lowest BCUT2D eigenvalue weighted by Crippen LogP contribution is -2.27. The monoisotopic (exact) mass is 274 g/mol. The lowest BCUT2D eigenvalue weighted by atomic mass is 10.1. The van der Waals surface area contributed by atoms with Crippen LogP contribution < -0.4 is 5.32 Å². The van der Waals surface area contributed by atoms with E-state index in [-0.39, 0.29) is 0 Å². The van der Waals surface area contributed by atoms with Gasteiger partial charge in [0.1, 0.15) is 0 Å². The summed E-state index contributed by atoms with van der Waals surface area (Å²) in [6, 6.07) is 0.548. The molecule has 0 aliphatic heterocycles. The minimum absolute atomic E-state index is 0.548. The third kappa shape index (κ3) is 3.91. The van der Waals surface area contributed by atoms with Gasteiger partial charge in [-0.2, -0.15) is 0 Å². The van der Waals surface area contributed by atoms with E-state index >= 15 is 0 Å². The summed E-state index contributed by atoms with van der Waals surface area (Å²) in [5.74, 6) is 0. The SMILES string of the molecule is CCCNC(C)CCc1c(Br)nnn1C. The standard InChI is InChI=1S/C10H19BrN4/c1-4-7-12-8(2)5-6-9-10(11)13-14-15(9)3/h8,12H,4-7H2,1-3H3. The summed E-state index contributed by atoms with van der Waals surface area (Å²) in [6.45, 7) is 5.49. The van der Waals surface area contributed by atoms with Crippen molar-refractivity contribution in [2.75, 3.05) is 6.54 Å². The van der Waals surface area contributed by atoms with Gasteiger partial charge in [0.25, 0.3) is 0 Å². The van der Waals surface area contributed by atoms with Gasteiger partial charge in [0, 0.05) is 13.1 Å². The first-order valence-corrected chi connectivity index (χ1v) is 6.21. The number of nitrogens with one attached hydrogen (secondary N) is 1. The summed E-state index contributed by atoms with van der Waals surface area (Å²) < 4.78 is 2.70. The maximum absolute atomic E-state index is 3.97. The first kappa shape index (κ1) is 12.6. The molecule has 0 amide bonds. The van der Waals surface area contributed by atoms with Crippen molar-refractivity contribution in [3.8, 4) is 0 Å². The second kappa shape index (κ2) is 6.23. The molecule has 5 heteroatoms. The molecule has 1 aromatic rings. The van der Waals surface area contributed by atoms with Crippen LogP contribution in [-0.2, 0) is 13.5 Å². The topological polar surface area (TPSA) is 42.7 Å². The predicted octanol–water partition coefficient (Wildman–Crippen LogP) is 1.90. The van der Waals surface area contributed by atoms with Gasteiger partial charge in [-0.3, -0.25) is 4.68 Å². The number of rotatable bonds is 6. The Morgan fingerprint density at radius 2 is 2.27 bits per heavy atom. The van der Waals surface area contributed by atoms with Crippen molar-refractivity contribution < 1.29 is 0 Å². The molecular weight excluding hydrogens is 256 g/mol. The zero-order valence-electron chi connectivity index (χ0n) is 9.63. The van der Waals surface area contributed by atoms with Crippen LogP contribution in [0.2, 0.25) is 0 Å². The molecule has 1 N–H and O–H groups in total. The van der Waals surface area contributed by atoms with Crippen molar-refractivity contribution in [3.05, 3.63) is 10.3 Å². The maximum atomic E-state index is 3.97. The van der Waals surface area contributed by atoms with E-state index in [4.69, 9.17) is 0 Å². The Labute approximate surface area is 99.6 Å². The molecule has 0 fully saturated rings. The van der Waals surface area contributed by atoms with Gasteiger partial charge >= 0.3 is 0 Å². The van der Waals surface area contributed by atoms with Crippen molar-refractivity contribution >= 4 is 15.9 Å². The first-order valence-electron chi connectivity index (χ1n) is 5.42. The Morgan fingerprint density at radius 1 is 1.53 bits per heavy atom. The van der Waals surface area contributed by atoms with Crippen molar-refractivity contribution in [3.63, 3.8) is 0 Å². The fraction of sp³-hybridized carbons (Fsp3) is 0.800. The zero-order chi connectivity index (χ0) is 11.3. The highest BCUT2D eigenvalue weighted by Gasteiger charge is 2.09. The first-order chi connectivity index (χ1) is 7.15. The van der Waals surface area contributed by atoms with Crippen LogP contribution in [0.15, 0.2) is 4.60 Å². The lowest BCUT2D eigenvalue weighted by Gasteiger charge is -2.12. The number of aryl methyl sites for hydroxylation is 1. The highest BCUT2D eigenvalue weighted by atomic mass is 79.9. The molecule has 1 rings (SSSR count). The van der Waals surface area contributed by atoms with Gasteiger partial charge in [0.2, 0.25) is 0 Å². The van der Waals surface area contributed by atoms with E-state index in [1.807, 2.05) is 11.7 Å². The van der Waals surface area contributed by atoms with Crippen molar-refractivity contribution in [1.29, 1.82) is 0 Å². The molecule has 0 saturated carbocycles. The molecule has 1 heterocycles. The van der Waals surface area contributed by atoms with E-state index in [1.165, 1.54) is 12.1 Å². The molecule has 1 unspecified atom stereocenters. The van der Waals surface area contributed by atoms with Crippen molar-refractivity contribution in [2.24, 2.45) is 7.05 Å². The summed E-state index contributed by atoms with van der Waals surface area (Å²) >= 11 is 3.41. The van der Waals surface area contributed by atoms with Gasteiger partial charge < -0.3 is 5.32 Å². The van der Waals surface area contributed by atoms with Crippen LogP contribution in [0.3, 0.4) is 0 Å². The summed E-state index contributed by atoms with van der Waals surface area (Å²) in [7, 11) is 1.93. The highest BCUT2D eigenvalue weighted by Crippen LogP contribution is 2.14. The van der Waals surface area contributed by atoms with Crippen molar-refractivity contribution in [1.82, 2.24) is 20.3 Å². The Morgan fingerprint density at radius 3 is 2.80 bits per heavy atom. The van der Waals surface area contributed by atoms with Gasteiger partial charge in [0.05, 0.1) is 5.69 Å². The van der Waals surface area contributed by atoms with E-state index in [0.29, 0.717) is 6.04 Å². The fourth-order valence-corrected chi connectivity index (χ4v) is 1.99. The molecule has 0 bridgehead atoms. The third-order valence-electron chi connectivity index (χ3n) is 2.45. The molecule has 0 saturated heterocycles. The molecule has 0 aliphatic carbocycles. The molecule has 1 aromatic heterocycles. The van der Waals surface area contributed by atoms with E-state index in [0.717, 1.165) is 24.0 Å². The van der Waals surface area contributed by atoms with Crippen LogP contribution in [0.25, 0.3) is 0 Å². The molecule has 15 heavy (non-hydrogen) atoms. The molecular formula is C10H19BrN4. The molecule has 0 spiro atoms. The molecule has 0 aliphatic rings. The molecule has 0 aromatic carbocycles. The number of aromatic nitrogens is 3. The number of nitrogens with zero attached hydrogens (tertiary/aromatic N) is 3. The lowest BCUT2D eigenvalue weighted by molar-refractivity contribution is 0.505. The maximum Gasteiger partial charge on any atom is 0.151 e. The zero-order valence-corrected chi connectivity index (χ0v) is 11.2. The van der Waals surface area contributed by atoms with Gasteiger partial charge in [-0.25, -0.2) is 0 Å². The summed E-state index contributed by atoms with van der Waals surface area (Å²) in [5.41, 5.74) is 1.17. The summed E-state index contributed by atoms with van der Waals surface area (Å²) in [5, 5.41) is 11.4. The van der Waals surface area contributed by atoms with Gasteiger partial charge in [0.15, 0.2) is 4.60 Å². The quantitative estimate of drug-likeness (QED) is 0.862. The van der Waals surface area contributed by atoms with E-state index in [2.05, 4.69) is 45.4 Å². The second-order valence-corrected chi connectivity index (χ2v) is 4.60. The van der Waals surface area contributed by atoms with Crippen LogP contribution in [0.4, 0.5) is 0 Å². The molecule has 4 nitrogen and oxygen atoms in total. The predicted molar refractivity (Wildman–Crippen MR) is 64.8 cm³/mol. The molecule has 1 atom stereocenters. The van der Waals surface area contributed by atoms with Crippen LogP contribution in [0, 0.1) is 0 Å². The van der Waals surface area contributed by atoms with Crippen LogP contribution in [0.5, 0.6) is 0 Å². The molecule has 0 radical (unpaired) electrons. The second-order valence-electron chi connectivity index (χ2n) is 3.84. The number of halogens is 1. The summed E-state index contributed by atoms with van der Waals surface area (Å²) in [4.78, 5) is 0. The van der Waals surface area contributed by atoms with Gasteiger partial charge in [-0.15, -0.1) is 5.10 Å². The van der Waals surface area contributed by atoms with Crippen LogP contribution in [0.1, 0.15) is 32.4 Å². The third-order valence-corrected chi connectivity index (χ3v) is 3.07. The van der Waals surface area contributed by atoms with E-state index in [9.17, 15) is 0 Å². The van der Waals surface area contributed by atoms with Gasteiger partial charge in [-0.1, -0.05) is 12.1 Å². The highest BCUT2D eigenvalue weighted by molar-refractivity contribution is 9.10. The Hall–Kier alpha value is -0.420. The smallest absolute Gasteiger partial charge is 0.151 e. The Kier molecular flexibility index (Phi) is 5.25. The Bertz CT molecular complexity index is 278. The fourth-order valence-electron chi connectivity index (χ4n) is 1.46. The Balaban J connectivity index is 2.36. The number of hydrogen-bond acceptors (Lipinski definition) is 3. The minimum atomic E-state index is 0.548. The van der Waals surface area contributed by atoms with Crippen LogP contribution >= 0.6 is 15.9 Å². The van der Waals surface area contributed by atoms with E-state index in [1.54, 1.807) is 0 Å². The normalized spacial score (nSPS) is 13.1. The van der Waals surface area contributed by atoms with Gasteiger partial charge in [-0.05, 0) is 48.7 Å². The molecule has 86 valence electrons. The van der Waals surface area contributed by atoms with E-state index < -0.39 is 0 Å².